The van der Waals surface area contributed by atoms with Gasteiger partial charge in [0, 0.05) is 23.5 Å². The van der Waals surface area contributed by atoms with Crippen LogP contribution in [0.2, 0.25) is 0 Å². The lowest BCUT2D eigenvalue weighted by molar-refractivity contribution is 0.199. The van der Waals surface area contributed by atoms with Gasteiger partial charge in [-0.1, -0.05) is 12.1 Å². The number of fused-ring (bicyclic) bond motifs is 1. The molecular weight excluding hydrogens is 236 g/mol. The van der Waals surface area contributed by atoms with Crippen LogP contribution >= 0.6 is 0 Å². The van der Waals surface area contributed by atoms with Crippen molar-refractivity contribution < 1.29 is 5.11 Å². The number of hydrogen-bond donors (Lipinski definition) is 1. The molecule has 3 nitrogen and oxygen atoms in total. The molecule has 0 aromatic carbocycles. The number of aromatic nitrogens is 2. The van der Waals surface area contributed by atoms with Crippen LogP contribution < -0.4 is 0 Å². The number of nitrogens with zero attached hydrogens (tertiary/aromatic N) is 2. The zero-order valence-corrected chi connectivity index (χ0v) is 11.0. The third-order valence-corrected chi connectivity index (χ3v) is 3.47. The molecular formula is C16H16N2O. The molecule has 0 saturated carbocycles. The van der Waals surface area contributed by atoms with E-state index in [1.165, 1.54) is 0 Å². The molecule has 0 saturated heterocycles. The number of aliphatic hydroxyl groups is 1. The fourth-order valence-corrected chi connectivity index (χ4v) is 2.66. The maximum atomic E-state index is 10.1. The van der Waals surface area contributed by atoms with Gasteiger partial charge in [0.15, 0.2) is 0 Å². The minimum absolute atomic E-state index is 0.517. The van der Waals surface area contributed by atoms with Gasteiger partial charge in [-0.3, -0.25) is 4.98 Å². The maximum absolute atomic E-state index is 10.1. The van der Waals surface area contributed by atoms with E-state index in [-0.39, 0.29) is 0 Å². The monoisotopic (exact) mass is 252 g/mol. The number of pyridine rings is 2. The molecule has 3 aromatic rings. The number of hydrogen-bond acceptors (Lipinski definition) is 2. The number of aryl methyl sites for hydroxylation is 1. The summed E-state index contributed by atoms with van der Waals surface area (Å²) in [4.78, 5) is 4.42. The van der Waals surface area contributed by atoms with Gasteiger partial charge < -0.3 is 9.51 Å². The molecule has 0 bridgehead atoms. The van der Waals surface area contributed by atoms with Gasteiger partial charge in [-0.15, -0.1) is 0 Å². The van der Waals surface area contributed by atoms with Crippen molar-refractivity contribution in [2.45, 2.75) is 20.0 Å². The van der Waals surface area contributed by atoms with Crippen molar-refractivity contribution in [1.29, 1.82) is 0 Å². The molecule has 3 aromatic heterocycles. The summed E-state index contributed by atoms with van der Waals surface area (Å²) in [6.07, 6.45) is 3.27. The first kappa shape index (κ1) is 11.9. The van der Waals surface area contributed by atoms with Crippen molar-refractivity contribution in [2.75, 3.05) is 0 Å². The minimum atomic E-state index is -0.517. The normalized spacial score (nSPS) is 12.8. The smallest absolute Gasteiger partial charge is 0.0873 e. The van der Waals surface area contributed by atoms with Crippen LogP contribution in [0.25, 0.3) is 16.9 Å². The second-order valence-electron chi connectivity index (χ2n) is 4.73. The standard InChI is InChI=1S/C16H16N2O/c1-11-14-8-4-6-10-18(14)16(15(11)12(2)19)13-7-3-5-9-17-13/h3-10,12,19H,1-2H3. The molecule has 0 spiro atoms. The Morgan fingerprint density at radius 1 is 1.16 bits per heavy atom. The molecule has 0 aliphatic carbocycles. The van der Waals surface area contributed by atoms with E-state index in [9.17, 15) is 5.11 Å². The largest absolute Gasteiger partial charge is 0.389 e. The second-order valence-corrected chi connectivity index (χ2v) is 4.73. The Morgan fingerprint density at radius 3 is 2.63 bits per heavy atom. The third kappa shape index (κ3) is 1.83. The van der Waals surface area contributed by atoms with Gasteiger partial charge in [0.25, 0.3) is 0 Å². The highest BCUT2D eigenvalue weighted by atomic mass is 16.3. The summed E-state index contributed by atoms with van der Waals surface area (Å²) >= 11 is 0. The second kappa shape index (κ2) is 4.52. The van der Waals surface area contributed by atoms with E-state index in [2.05, 4.69) is 15.5 Å². The van der Waals surface area contributed by atoms with Crippen molar-refractivity contribution in [1.82, 2.24) is 9.38 Å². The molecule has 96 valence electrons. The van der Waals surface area contributed by atoms with Crippen LogP contribution in [-0.2, 0) is 0 Å². The number of rotatable bonds is 2. The fourth-order valence-electron chi connectivity index (χ4n) is 2.66. The molecule has 1 atom stereocenters. The predicted molar refractivity (Wildman–Crippen MR) is 76.0 cm³/mol. The lowest BCUT2D eigenvalue weighted by Crippen LogP contribution is -1.97. The van der Waals surface area contributed by atoms with Crippen LogP contribution in [0.1, 0.15) is 24.2 Å². The quantitative estimate of drug-likeness (QED) is 0.759. The Balaban J connectivity index is 2.42. The Bertz CT molecular complexity index is 714. The van der Waals surface area contributed by atoms with Crippen molar-refractivity contribution in [3.63, 3.8) is 0 Å². The summed E-state index contributed by atoms with van der Waals surface area (Å²) in [6, 6.07) is 11.9. The van der Waals surface area contributed by atoms with Gasteiger partial charge in [0.2, 0.25) is 0 Å². The van der Waals surface area contributed by atoms with Gasteiger partial charge >= 0.3 is 0 Å². The highest BCUT2D eigenvalue weighted by molar-refractivity contribution is 5.74. The summed E-state index contributed by atoms with van der Waals surface area (Å²) in [6.45, 7) is 3.85. The molecule has 0 radical (unpaired) electrons. The maximum Gasteiger partial charge on any atom is 0.0873 e. The van der Waals surface area contributed by atoms with Gasteiger partial charge in [0.1, 0.15) is 0 Å². The van der Waals surface area contributed by atoms with Gasteiger partial charge in [-0.05, 0) is 43.7 Å². The van der Waals surface area contributed by atoms with E-state index in [1.54, 1.807) is 13.1 Å². The molecule has 3 heteroatoms. The van der Waals surface area contributed by atoms with Gasteiger partial charge in [-0.2, -0.15) is 0 Å². The molecule has 1 N–H and O–H groups in total. The highest BCUT2D eigenvalue weighted by Gasteiger charge is 2.20. The van der Waals surface area contributed by atoms with E-state index in [4.69, 9.17) is 0 Å². The zero-order chi connectivity index (χ0) is 13.4. The molecule has 3 rings (SSSR count). The Hall–Kier alpha value is -2.13. The molecule has 1 unspecified atom stereocenters. The van der Waals surface area contributed by atoms with Crippen molar-refractivity contribution in [3.8, 4) is 11.4 Å². The Labute approximate surface area is 112 Å². The van der Waals surface area contributed by atoms with Crippen LogP contribution in [0.3, 0.4) is 0 Å². The van der Waals surface area contributed by atoms with Crippen LogP contribution in [0.4, 0.5) is 0 Å². The first-order valence-electron chi connectivity index (χ1n) is 6.39. The average molecular weight is 252 g/mol. The first-order valence-corrected chi connectivity index (χ1v) is 6.39. The SMILES string of the molecule is Cc1c(C(C)O)c(-c2ccccn2)n2ccccc12. The van der Waals surface area contributed by atoms with Gasteiger partial charge in [0.05, 0.1) is 17.5 Å². The first-order chi connectivity index (χ1) is 9.20. The van der Waals surface area contributed by atoms with E-state index >= 15 is 0 Å². The summed E-state index contributed by atoms with van der Waals surface area (Å²) in [5.74, 6) is 0. The summed E-state index contributed by atoms with van der Waals surface area (Å²) in [5.41, 5.74) is 5.02. The predicted octanol–water partition coefficient (Wildman–Crippen LogP) is 3.36. The summed E-state index contributed by atoms with van der Waals surface area (Å²) < 4.78 is 2.10. The highest BCUT2D eigenvalue weighted by Crippen LogP contribution is 2.34. The van der Waals surface area contributed by atoms with Crippen LogP contribution in [0.15, 0.2) is 48.8 Å². The van der Waals surface area contributed by atoms with Crippen molar-refractivity contribution >= 4 is 5.52 Å². The Morgan fingerprint density at radius 2 is 1.95 bits per heavy atom. The van der Waals surface area contributed by atoms with Crippen LogP contribution in [0, 0.1) is 6.92 Å². The lowest BCUT2D eigenvalue weighted by atomic mass is 10.0. The third-order valence-electron chi connectivity index (χ3n) is 3.47. The van der Waals surface area contributed by atoms with Gasteiger partial charge in [-0.25, -0.2) is 0 Å². The van der Waals surface area contributed by atoms with Crippen molar-refractivity contribution in [3.05, 3.63) is 59.9 Å². The number of aliphatic hydroxyl groups excluding tert-OH is 1. The fraction of sp³-hybridized carbons (Fsp3) is 0.188. The van der Waals surface area contributed by atoms with Crippen LogP contribution in [0.5, 0.6) is 0 Å². The molecule has 0 aliphatic rings. The molecule has 0 fully saturated rings. The van der Waals surface area contributed by atoms with E-state index in [1.807, 2.05) is 43.5 Å². The minimum Gasteiger partial charge on any atom is -0.389 e. The molecule has 19 heavy (non-hydrogen) atoms. The van der Waals surface area contributed by atoms with E-state index < -0.39 is 6.10 Å². The van der Waals surface area contributed by atoms with Crippen molar-refractivity contribution in [2.24, 2.45) is 0 Å². The molecule has 0 aliphatic heterocycles. The van der Waals surface area contributed by atoms with E-state index in [0.717, 1.165) is 28.0 Å². The average Bonchev–Trinajstić information content (AvgIpc) is 2.74. The lowest BCUT2D eigenvalue weighted by Gasteiger charge is -2.08. The topological polar surface area (TPSA) is 37.5 Å². The Kier molecular flexibility index (Phi) is 2.84. The summed E-state index contributed by atoms with van der Waals surface area (Å²) in [5, 5.41) is 10.1. The van der Waals surface area contributed by atoms with E-state index in [0.29, 0.717) is 0 Å². The summed E-state index contributed by atoms with van der Waals surface area (Å²) in [7, 11) is 0. The molecule has 0 amide bonds. The zero-order valence-electron chi connectivity index (χ0n) is 11.0. The molecule has 3 heterocycles. The van der Waals surface area contributed by atoms with Crippen LogP contribution in [-0.4, -0.2) is 14.5 Å².